The molecule has 0 unspecified atom stereocenters. The molecule has 0 aliphatic heterocycles. The normalized spacial score (nSPS) is 9.85. The molecule has 0 saturated carbocycles. The van der Waals surface area contributed by atoms with Crippen molar-refractivity contribution in [2.75, 3.05) is 0 Å². The first kappa shape index (κ1) is 10.2. The summed E-state index contributed by atoms with van der Waals surface area (Å²) in [7, 11) is -1.91. The topological polar surface area (TPSA) is 57.5 Å². The fourth-order valence-corrected chi connectivity index (χ4v) is 1.16. The van der Waals surface area contributed by atoms with Gasteiger partial charge >= 0.3 is 7.12 Å². The molecule has 2 N–H and O–H groups in total. The van der Waals surface area contributed by atoms with E-state index >= 15 is 0 Å². The molecule has 0 saturated heterocycles. The zero-order valence-electron chi connectivity index (χ0n) is 6.37. The zero-order valence-corrected chi connectivity index (χ0v) is 7.12. The summed E-state index contributed by atoms with van der Waals surface area (Å²) in [6, 6.07) is 2.05. The smallest absolute Gasteiger partial charge is 0.423 e. The Hall–Kier alpha value is -0.905. The first-order chi connectivity index (χ1) is 6.06. The largest absolute Gasteiger partial charge is 0.489 e. The number of benzene rings is 1. The van der Waals surface area contributed by atoms with Crippen molar-refractivity contribution in [3.63, 3.8) is 0 Å². The fraction of sp³-hybridized carbons (Fsp3) is 0. The standard InChI is InChI=1S/C7H5BClFO3/c9-4-1-6(8(12)13)5(3-11)7(10)2-4/h1-3,12-13H. The lowest BCUT2D eigenvalue weighted by Gasteiger charge is -2.04. The molecule has 0 aliphatic carbocycles. The van der Waals surface area contributed by atoms with Crippen molar-refractivity contribution in [2.24, 2.45) is 0 Å². The highest BCUT2D eigenvalue weighted by molar-refractivity contribution is 6.60. The third kappa shape index (κ3) is 2.06. The van der Waals surface area contributed by atoms with Gasteiger partial charge in [0.1, 0.15) is 5.82 Å². The van der Waals surface area contributed by atoms with Crippen LogP contribution in [0.25, 0.3) is 0 Å². The van der Waals surface area contributed by atoms with Crippen LogP contribution in [0.3, 0.4) is 0 Å². The number of hydrogen-bond acceptors (Lipinski definition) is 3. The van der Waals surface area contributed by atoms with Crippen LogP contribution >= 0.6 is 11.6 Å². The predicted octanol–water partition coefficient (Wildman–Crippen LogP) is -0.0286. The van der Waals surface area contributed by atoms with E-state index in [0.29, 0.717) is 0 Å². The Morgan fingerprint density at radius 3 is 2.54 bits per heavy atom. The molecule has 6 heteroatoms. The zero-order chi connectivity index (χ0) is 10.0. The van der Waals surface area contributed by atoms with Gasteiger partial charge in [-0.2, -0.15) is 0 Å². The number of halogens is 2. The minimum atomic E-state index is -1.91. The molecule has 13 heavy (non-hydrogen) atoms. The molecule has 3 nitrogen and oxygen atoms in total. The SMILES string of the molecule is O=Cc1c(F)cc(Cl)cc1B(O)O. The van der Waals surface area contributed by atoms with E-state index in [4.69, 9.17) is 21.6 Å². The first-order valence-electron chi connectivity index (χ1n) is 3.36. The van der Waals surface area contributed by atoms with Crippen LogP contribution in [0.4, 0.5) is 4.39 Å². The molecule has 1 rings (SSSR count). The van der Waals surface area contributed by atoms with E-state index in [1.54, 1.807) is 0 Å². The second-order valence-electron chi connectivity index (χ2n) is 2.38. The monoisotopic (exact) mass is 202 g/mol. The van der Waals surface area contributed by atoms with E-state index < -0.39 is 12.9 Å². The quantitative estimate of drug-likeness (QED) is 0.523. The van der Waals surface area contributed by atoms with Gasteiger partial charge in [-0.1, -0.05) is 11.6 Å². The van der Waals surface area contributed by atoms with Gasteiger partial charge in [0.2, 0.25) is 0 Å². The summed E-state index contributed by atoms with van der Waals surface area (Å²) in [6.07, 6.45) is 0.209. The molecule has 1 aromatic carbocycles. The maximum atomic E-state index is 12.9. The van der Waals surface area contributed by atoms with Crippen LogP contribution in [-0.2, 0) is 0 Å². The lowest BCUT2D eigenvalue weighted by molar-refractivity contribution is 0.112. The molecule has 0 bridgehead atoms. The summed E-state index contributed by atoms with van der Waals surface area (Å²) in [6.45, 7) is 0. The average molecular weight is 202 g/mol. The molecule has 1 aromatic rings. The first-order valence-corrected chi connectivity index (χ1v) is 3.74. The number of aldehydes is 1. The van der Waals surface area contributed by atoms with E-state index in [9.17, 15) is 9.18 Å². The highest BCUT2D eigenvalue weighted by Gasteiger charge is 2.19. The Kier molecular flexibility index (Phi) is 3.03. The minimum Gasteiger partial charge on any atom is -0.423 e. The second-order valence-corrected chi connectivity index (χ2v) is 2.82. The Morgan fingerprint density at radius 1 is 1.46 bits per heavy atom. The minimum absolute atomic E-state index is 0.00574. The van der Waals surface area contributed by atoms with Gasteiger partial charge in [0.25, 0.3) is 0 Å². The average Bonchev–Trinajstić information content (AvgIpc) is 2.02. The van der Waals surface area contributed by atoms with Crippen LogP contribution in [-0.4, -0.2) is 23.5 Å². The molecule has 0 aliphatic rings. The van der Waals surface area contributed by atoms with Crippen LogP contribution in [0.2, 0.25) is 5.02 Å². The Bertz CT molecular complexity index is 343. The Labute approximate surface area is 78.9 Å². The lowest BCUT2D eigenvalue weighted by Crippen LogP contribution is -2.33. The predicted molar refractivity (Wildman–Crippen MR) is 46.6 cm³/mol. The summed E-state index contributed by atoms with van der Waals surface area (Å²) >= 11 is 5.44. The molecule has 0 radical (unpaired) electrons. The van der Waals surface area contributed by atoms with Crippen LogP contribution in [0.5, 0.6) is 0 Å². The van der Waals surface area contributed by atoms with Crippen molar-refractivity contribution >= 4 is 30.5 Å². The maximum Gasteiger partial charge on any atom is 0.489 e. The summed E-state index contributed by atoms with van der Waals surface area (Å²) < 4.78 is 12.9. The van der Waals surface area contributed by atoms with E-state index in [0.717, 1.165) is 12.1 Å². The Balaban J connectivity index is 3.38. The second kappa shape index (κ2) is 3.87. The molecule has 0 atom stereocenters. The molecule has 0 fully saturated rings. The molecular formula is C7H5BClFO3. The maximum absolute atomic E-state index is 12.9. The van der Waals surface area contributed by atoms with E-state index in [-0.39, 0.29) is 22.3 Å². The van der Waals surface area contributed by atoms with Crippen molar-refractivity contribution < 1.29 is 19.2 Å². The third-order valence-corrected chi connectivity index (χ3v) is 1.74. The van der Waals surface area contributed by atoms with Crippen molar-refractivity contribution in [1.29, 1.82) is 0 Å². The highest BCUT2D eigenvalue weighted by atomic mass is 35.5. The van der Waals surface area contributed by atoms with Gasteiger partial charge in [0.15, 0.2) is 6.29 Å². The fourth-order valence-electron chi connectivity index (χ4n) is 0.943. The van der Waals surface area contributed by atoms with E-state index in [1.165, 1.54) is 0 Å². The molecule has 0 aromatic heterocycles. The lowest BCUT2D eigenvalue weighted by atomic mass is 9.77. The van der Waals surface area contributed by atoms with Gasteiger partial charge in [-0.25, -0.2) is 4.39 Å². The number of carbonyl (C=O) groups excluding carboxylic acids is 1. The molecular weight excluding hydrogens is 197 g/mol. The van der Waals surface area contributed by atoms with Crippen LogP contribution in [0.15, 0.2) is 12.1 Å². The van der Waals surface area contributed by atoms with Crippen LogP contribution < -0.4 is 5.46 Å². The van der Waals surface area contributed by atoms with Gasteiger partial charge in [0, 0.05) is 10.6 Å². The number of carbonyl (C=O) groups is 1. The summed E-state index contributed by atoms with van der Waals surface area (Å²) in [5.74, 6) is -0.870. The van der Waals surface area contributed by atoms with Crippen molar-refractivity contribution in [3.8, 4) is 0 Å². The van der Waals surface area contributed by atoms with Gasteiger partial charge in [-0.3, -0.25) is 4.79 Å². The van der Waals surface area contributed by atoms with E-state index in [2.05, 4.69) is 0 Å². The van der Waals surface area contributed by atoms with Crippen LogP contribution in [0, 0.1) is 5.82 Å². The van der Waals surface area contributed by atoms with Gasteiger partial charge in [0.05, 0.1) is 0 Å². The van der Waals surface area contributed by atoms with Crippen molar-refractivity contribution in [3.05, 3.63) is 28.5 Å². The number of rotatable bonds is 2. The summed E-state index contributed by atoms with van der Waals surface area (Å²) in [4.78, 5) is 10.4. The van der Waals surface area contributed by atoms with Gasteiger partial charge < -0.3 is 10.0 Å². The highest BCUT2D eigenvalue weighted by Crippen LogP contribution is 2.11. The summed E-state index contributed by atoms with van der Waals surface area (Å²) in [5, 5.41) is 17.5. The van der Waals surface area contributed by atoms with Gasteiger partial charge in [-0.05, 0) is 17.6 Å². The molecule has 0 amide bonds. The number of hydrogen-bond donors (Lipinski definition) is 2. The summed E-state index contributed by atoms with van der Waals surface area (Å²) in [5.41, 5.74) is -0.626. The Morgan fingerprint density at radius 2 is 2.08 bits per heavy atom. The molecule has 0 spiro atoms. The molecule has 68 valence electrons. The van der Waals surface area contributed by atoms with Crippen LogP contribution in [0.1, 0.15) is 10.4 Å². The molecule has 0 heterocycles. The van der Waals surface area contributed by atoms with Crippen molar-refractivity contribution in [1.82, 2.24) is 0 Å². The third-order valence-electron chi connectivity index (χ3n) is 1.52. The van der Waals surface area contributed by atoms with E-state index in [1.807, 2.05) is 0 Å². The van der Waals surface area contributed by atoms with Gasteiger partial charge in [-0.15, -0.1) is 0 Å². The van der Waals surface area contributed by atoms with Crippen molar-refractivity contribution in [2.45, 2.75) is 0 Å².